The van der Waals surface area contributed by atoms with Crippen LogP contribution in [0.25, 0.3) is 0 Å². The Morgan fingerprint density at radius 2 is 1.73 bits per heavy atom. The molecule has 0 rings (SSSR count). The van der Waals surface area contributed by atoms with Gasteiger partial charge in [0.05, 0.1) is 10.3 Å². The molecule has 0 saturated heterocycles. The lowest BCUT2D eigenvalue weighted by molar-refractivity contribution is -0.169. The lowest BCUT2D eigenvalue weighted by Crippen LogP contribution is -2.40. The number of esters is 1. The summed E-state index contributed by atoms with van der Waals surface area (Å²) in [5.41, 5.74) is 0. The molecule has 8 heteroatoms. The van der Waals surface area contributed by atoms with Gasteiger partial charge in [0.25, 0.3) is 0 Å². The highest BCUT2D eigenvalue weighted by molar-refractivity contribution is 9.24. The van der Waals surface area contributed by atoms with Crippen molar-refractivity contribution in [2.24, 2.45) is 0 Å². The number of alkyl halides is 2. The number of ether oxygens (including phenoxy) is 1. The second-order valence-electron chi connectivity index (χ2n) is 2.58. The molecule has 0 radical (unpaired) electrons. The van der Waals surface area contributed by atoms with E-state index in [0.29, 0.717) is 6.42 Å². The van der Waals surface area contributed by atoms with Crippen LogP contribution in [0.1, 0.15) is 6.42 Å². The maximum absolute atomic E-state index is 10.9. The SMILES string of the molecule is O=C(O)C(O)C(O)C(=O)OCCC(Br)Br. The molecule has 0 amide bonds. The van der Waals surface area contributed by atoms with Gasteiger partial charge in [-0.25, -0.2) is 9.59 Å². The summed E-state index contributed by atoms with van der Waals surface area (Å²) < 4.78 is 4.47. The van der Waals surface area contributed by atoms with E-state index in [1.165, 1.54) is 0 Å². The third kappa shape index (κ3) is 6.08. The molecule has 6 nitrogen and oxygen atoms in total. The molecule has 15 heavy (non-hydrogen) atoms. The Kier molecular flexibility index (Phi) is 7.07. The monoisotopic (exact) mass is 348 g/mol. The van der Waals surface area contributed by atoms with Gasteiger partial charge in [-0.1, -0.05) is 31.9 Å². The molecule has 0 aliphatic heterocycles. The summed E-state index contributed by atoms with van der Waals surface area (Å²) in [5.74, 6) is -2.84. The van der Waals surface area contributed by atoms with E-state index in [1.807, 2.05) is 0 Å². The Morgan fingerprint density at radius 1 is 1.20 bits per heavy atom. The number of hydrogen-bond acceptors (Lipinski definition) is 5. The van der Waals surface area contributed by atoms with Crippen molar-refractivity contribution in [1.29, 1.82) is 0 Å². The molecule has 0 heterocycles. The van der Waals surface area contributed by atoms with Gasteiger partial charge in [0, 0.05) is 6.42 Å². The third-order valence-electron chi connectivity index (χ3n) is 1.37. The van der Waals surface area contributed by atoms with Crippen molar-refractivity contribution < 1.29 is 29.6 Å². The number of aliphatic carboxylic acids is 1. The number of carbonyl (C=O) groups excluding carboxylic acids is 1. The van der Waals surface area contributed by atoms with E-state index in [9.17, 15) is 9.59 Å². The van der Waals surface area contributed by atoms with Gasteiger partial charge in [0.1, 0.15) is 0 Å². The van der Waals surface area contributed by atoms with Gasteiger partial charge in [-0.15, -0.1) is 0 Å². The summed E-state index contributed by atoms with van der Waals surface area (Å²) in [6.45, 7) is 0.00337. The van der Waals surface area contributed by atoms with Gasteiger partial charge in [-0.2, -0.15) is 0 Å². The number of carboxylic acid groups (broad SMARTS) is 1. The molecule has 0 fully saturated rings. The molecular formula is C7H10Br2O6. The van der Waals surface area contributed by atoms with Crippen LogP contribution in [0, 0.1) is 0 Å². The predicted octanol–water partition coefficient (Wildman–Crippen LogP) is -0.158. The van der Waals surface area contributed by atoms with E-state index < -0.39 is 24.1 Å². The lowest BCUT2D eigenvalue weighted by Gasteiger charge is -2.13. The Hall–Kier alpha value is -0.180. The molecule has 0 aliphatic rings. The molecule has 0 saturated carbocycles. The van der Waals surface area contributed by atoms with E-state index in [-0.39, 0.29) is 10.3 Å². The van der Waals surface area contributed by atoms with Crippen LogP contribution in [0.3, 0.4) is 0 Å². The quantitative estimate of drug-likeness (QED) is 0.455. The zero-order chi connectivity index (χ0) is 12.0. The molecule has 3 N–H and O–H groups in total. The van der Waals surface area contributed by atoms with E-state index in [1.54, 1.807) is 0 Å². The first-order chi connectivity index (χ1) is 6.86. The van der Waals surface area contributed by atoms with Crippen LogP contribution in [0.5, 0.6) is 0 Å². The first kappa shape index (κ1) is 14.8. The summed E-state index contributed by atoms with van der Waals surface area (Å²) in [7, 11) is 0. The minimum Gasteiger partial charge on any atom is -0.479 e. The van der Waals surface area contributed by atoms with Gasteiger partial charge in [-0.3, -0.25) is 0 Å². The average molecular weight is 350 g/mol. The van der Waals surface area contributed by atoms with E-state index in [2.05, 4.69) is 36.6 Å². The maximum Gasteiger partial charge on any atom is 0.338 e. The Bertz CT molecular complexity index is 232. The Balaban J connectivity index is 3.94. The summed E-state index contributed by atoms with van der Waals surface area (Å²) in [6.07, 6.45) is -3.78. The fourth-order valence-electron chi connectivity index (χ4n) is 0.598. The molecule has 88 valence electrons. The normalized spacial score (nSPS) is 14.7. The van der Waals surface area contributed by atoms with E-state index in [0.717, 1.165) is 0 Å². The number of aliphatic hydroxyl groups is 2. The number of carbonyl (C=O) groups is 2. The second-order valence-corrected chi connectivity index (χ2v) is 6.01. The van der Waals surface area contributed by atoms with Crippen LogP contribution in [-0.4, -0.2) is 49.8 Å². The second kappa shape index (κ2) is 7.15. The first-order valence-electron chi connectivity index (χ1n) is 3.90. The third-order valence-corrected chi connectivity index (χ3v) is 2.29. The number of halogens is 2. The maximum atomic E-state index is 10.9. The van der Waals surface area contributed by atoms with Crippen molar-refractivity contribution in [3.63, 3.8) is 0 Å². The van der Waals surface area contributed by atoms with Crippen molar-refractivity contribution in [2.45, 2.75) is 22.4 Å². The van der Waals surface area contributed by atoms with Crippen molar-refractivity contribution >= 4 is 43.8 Å². The molecule has 2 atom stereocenters. The van der Waals surface area contributed by atoms with E-state index in [4.69, 9.17) is 15.3 Å². The molecule has 0 bridgehead atoms. The van der Waals surface area contributed by atoms with Crippen molar-refractivity contribution in [2.75, 3.05) is 6.61 Å². The van der Waals surface area contributed by atoms with Crippen LogP contribution in [0.4, 0.5) is 0 Å². The van der Waals surface area contributed by atoms with Gasteiger partial charge in [0.2, 0.25) is 0 Å². The zero-order valence-electron chi connectivity index (χ0n) is 7.47. The zero-order valence-corrected chi connectivity index (χ0v) is 10.6. The highest BCUT2D eigenvalue weighted by Gasteiger charge is 2.31. The van der Waals surface area contributed by atoms with Crippen molar-refractivity contribution in [1.82, 2.24) is 0 Å². The fourth-order valence-corrected chi connectivity index (χ4v) is 0.972. The van der Waals surface area contributed by atoms with Crippen LogP contribution in [0.15, 0.2) is 0 Å². The first-order valence-corrected chi connectivity index (χ1v) is 5.73. The highest BCUT2D eigenvalue weighted by atomic mass is 79.9. The van der Waals surface area contributed by atoms with Crippen molar-refractivity contribution in [3.8, 4) is 0 Å². The number of rotatable bonds is 6. The number of aliphatic hydroxyl groups excluding tert-OH is 2. The largest absolute Gasteiger partial charge is 0.479 e. The topological polar surface area (TPSA) is 104 Å². The lowest BCUT2D eigenvalue weighted by atomic mass is 10.2. The minimum absolute atomic E-state index is 0.00337. The van der Waals surface area contributed by atoms with Crippen LogP contribution >= 0.6 is 31.9 Å². The Morgan fingerprint density at radius 3 is 2.13 bits per heavy atom. The highest BCUT2D eigenvalue weighted by Crippen LogP contribution is 2.12. The molecule has 0 aromatic carbocycles. The van der Waals surface area contributed by atoms with Gasteiger partial charge >= 0.3 is 11.9 Å². The summed E-state index contributed by atoms with van der Waals surface area (Å²) in [6, 6.07) is 0. The molecule has 0 aliphatic carbocycles. The van der Waals surface area contributed by atoms with Crippen LogP contribution < -0.4 is 0 Å². The molecule has 0 aromatic rings. The summed E-state index contributed by atoms with van der Waals surface area (Å²) in [4.78, 5) is 21.1. The Labute approximate surface area is 102 Å². The van der Waals surface area contributed by atoms with Gasteiger partial charge in [0.15, 0.2) is 12.2 Å². The van der Waals surface area contributed by atoms with Gasteiger partial charge < -0.3 is 20.1 Å². The predicted molar refractivity (Wildman–Crippen MR) is 56.9 cm³/mol. The smallest absolute Gasteiger partial charge is 0.338 e. The number of hydrogen-bond donors (Lipinski definition) is 3. The molecule has 0 aromatic heterocycles. The van der Waals surface area contributed by atoms with Crippen LogP contribution in [0.2, 0.25) is 0 Å². The molecular weight excluding hydrogens is 340 g/mol. The molecule has 2 unspecified atom stereocenters. The number of carboxylic acids is 1. The summed E-state index contributed by atoms with van der Waals surface area (Å²) >= 11 is 6.27. The fraction of sp³-hybridized carbons (Fsp3) is 0.714. The summed E-state index contributed by atoms with van der Waals surface area (Å²) in [5, 5.41) is 26.1. The molecule has 0 spiro atoms. The minimum atomic E-state index is -2.17. The van der Waals surface area contributed by atoms with Crippen LogP contribution in [-0.2, 0) is 14.3 Å². The van der Waals surface area contributed by atoms with Gasteiger partial charge in [-0.05, 0) is 0 Å². The van der Waals surface area contributed by atoms with Crippen molar-refractivity contribution in [3.05, 3.63) is 0 Å². The standard InChI is InChI=1S/C7H10Br2O6/c8-3(9)1-2-15-7(14)5(11)4(10)6(12)13/h3-5,10-11H,1-2H2,(H,12,13). The average Bonchev–Trinajstić information content (AvgIpc) is 2.14. The van der Waals surface area contributed by atoms with E-state index >= 15 is 0 Å².